The molecule has 1 saturated heterocycles. The lowest BCUT2D eigenvalue weighted by Gasteiger charge is -2.39. The quantitative estimate of drug-likeness (QED) is 0.177. The first kappa shape index (κ1) is 31.3. The predicted octanol–water partition coefficient (Wildman–Crippen LogP) is 0.921. The number of aliphatic hydroxyl groups is 4. The van der Waals surface area contributed by atoms with Crippen molar-refractivity contribution in [2.45, 2.75) is 76.7 Å². The van der Waals surface area contributed by atoms with E-state index >= 15 is 0 Å². The van der Waals surface area contributed by atoms with Crippen molar-refractivity contribution >= 4 is 0 Å². The normalized spacial score (nSPS) is 23.5. The summed E-state index contributed by atoms with van der Waals surface area (Å²) in [6.07, 6.45) is -4.30. The summed E-state index contributed by atoms with van der Waals surface area (Å²) in [7, 11) is 4.16. The maximum atomic E-state index is 10.4. The van der Waals surface area contributed by atoms with Crippen LogP contribution in [-0.2, 0) is 11.2 Å². The molecule has 6 N–H and O–H groups in total. The van der Waals surface area contributed by atoms with Gasteiger partial charge in [0.1, 0.15) is 30.2 Å². The van der Waals surface area contributed by atoms with Crippen molar-refractivity contribution < 1.29 is 34.6 Å². The van der Waals surface area contributed by atoms with Gasteiger partial charge in [0.25, 0.3) is 0 Å². The molecule has 1 aliphatic rings. The zero-order chi connectivity index (χ0) is 28.5. The average Bonchev–Trinajstić information content (AvgIpc) is 3.29. The Morgan fingerprint density at radius 2 is 1.85 bits per heavy atom. The Kier molecular flexibility index (Phi) is 12.0. The van der Waals surface area contributed by atoms with Crippen molar-refractivity contribution in [2.75, 3.05) is 46.9 Å². The number of benzene rings is 1. The lowest BCUT2D eigenvalue weighted by molar-refractivity contribution is -0.278. The lowest BCUT2D eigenvalue weighted by Crippen LogP contribution is -2.60. The highest BCUT2D eigenvalue weighted by atomic mass is 16.7. The molecule has 0 unspecified atom stereocenters. The molecule has 1 fully saturated rings. The van der Waals surface area contributed by atoms with Gasteiger partial charge >= 0.3 is 0 Å². The minimum Gasteiger partial charge on any atom is -0.494 e. The second-order valence-electron chi connectivity index (χ2n) is 10.8. The van der Waals surface area contributed by atoms with Crippen LogP contribution < -0.4 is 14.8 Å². The van der Waals surface area contributed by atoms with Gasteiger partial charge in [0, 0.05) is 17.7 Å². The van der Waals surface area contributed by atoms with Gasteiger partial charge in [-0.15, -0.1) is 5.10 Å². The van der Waals surface area contributed by atoms with Crippen LogP contribution in [0.4, 0.5) is 0 Å². The van der Waals surface area contributed by atoms with Gasteiger partial charge in [0.15, 0.2) is 0 Å². The summed E-state index contributed by atoms with van der Waals surface area (Å²) in [4.78, 5) is 2.18. The minimum atomic E-state index is -1.53. The summed E-state index contributed by atoms with van der Waals surface area (Å²) in [5, 5.41) is 50.9. The van der Waals surface area contributed by atoms with Gasteiger partial charge in [-0.05, 0) is 82.7 Å². The second kappa shape index (κ2) is 14.9. The number of rotatable bonds is 15. The Bertz CT molecular complexity index is 1010. The van der Waals surface area contributed by atoms with Crippen molar-refractivity contribution in [1.29, 1.82) is 0 Å². The maximum Gasteiger partial charge on any atom is 0.238 e. The summed E-state index contributed by atoms with van der Waals surface area (Å²) >= 11 is 0. The Morgan fingerprint density at radius 1 is 1.10 bits per heavy atom. The molecule has 1 aliphatic heterocycles. The zero-order valence-electron chi connectivity index (χ0n) is 23.8. The topological polar surface area (TPSA) is 153 Å². The third-order valence-corrected chi connectivity index (χ3v) is 6.92. The molecule has 0 aliphatic carbocycles. The number of aryl methyl sites for hydroxylation is 1. The Morgan fingerprint density at radius 3 is 2.51 bits per heavy atom. The van der Waals surface area contributed by atoms with Crippen molar-refractivity contribution in [3.63, 3.8) is 0 Å². The number of aromatic amines is 1. The molecule has 2 heterocycles. The van der Waals surface area contributed by atoms with Crippen LogP contribution in [0.5, 0.6) is 11.6 Å². The zero-order valence-corrected chi connectivity index (χ0v) is 23.8. The Labute approximate surface area is 231 Å². The van der Waals surface area contributed by atoms with Gasteiger partial charge in [-0.1, -0.05) is 19.9 Å². The first-order valence-corrected chi connectivity index (χ1v) is 13.7. The molecule has 1 aromatic heterocycles. The summed E-state index contributed by atoms with van der Waals surface area (Å²) in [6.45, 7) is 9.20. The highest BCUT2D eigenvalue weighted by Crippen LogP contribution is 2.32. The van der Waals surface area contributed by atoms with Gasteiger partial charge in [0.05, 0.1) is 13.2 Å². The number of nitrogens with zero attached hydrogens (tertiary/aromatic N) is 2. The van der Waals surface area contributed by atoms with Crippen LogP contribution in [0.15, 0.2) is 18.2 Å². The predicted molar refractivity (Wildman–Crippen MR) is 147 cm³/mol. The van der Waals surface area contributed by atoms with Crippen LogP contribution in [0.2, 0.25) is 0 Å². The Hall–Kier alpha value is -2.25. The smallest absolute Gasteiger partial charge is 0.238 e. The van der Waals surface area contributed by atoms with E-state index in [1.165, 1.54) is 0 Å². The monoisotopic (exact) mass is 550 g/mol. The van der Waals surface area contributed by atoms with E-state index in [0.29, 0.717) is 13.0 Å². The molecule has 0 spiro atoms. The highest BCUT2D eigenvalue weighted by molar-refractivity contribution is 5.42. The summed E-state index contributed by atoms with van der Waals surface area (Å²) < 4.78 is 17.4. The molecule has 3 rings (SSSR count). The molecule has 11 heteroatoms. The molecule has 0 saturated carbocycles. The molecule has 11 nitrogen and oxygen atoms in total. The molecular weight excluding hydrogens is 504 g/mol. The van der Waals surface area contributed by atoms with E-state index in [1.807, 2.05) is 39.0 Å². The second-order valence-corrected chi connectivity index (χ2v) is 10.8. The lowest BCUT2D eigenvalue weighted by atomic mass is 9.96. The minimum absolute atomic E-state index is 0.124. The fourth-order valence-electron chi connectivity index (χ4n) is 4.56. The van der Waals surface area contributed by atoms with E-state index in [0.717, 1.165) is 60.6 Å². The standard InChI is InChI=1S/C28H46N4O7/c1-17(2)23-21(27(31-30-23)39-28-26(36)25(35)24(34)22(16-33)38-28)15-19-8-9-20(14-18(19)3)37-13-7-11-29-10-6-12-32(4)5/h8-9,14,17,22,24-26,28-29,33-36H,6-7,10-13,15-16H2,1-5H3,(H,30,31)/t22-,24-,25+,26-,28+/m1/s1. The number of H-pyrrole nitrogens is 1. The fourth-order valence-corrected chi connectivity index (χ4v) is 4.56. The summed E-state index contributed by atoms with van der Waals surface area (Å²) in [5.74, 6) is 1.18. The molecule has 1 aromatic carbocycles. The number of aromatic nitrogens is 2. The van der Waals surface area contributed by atoms with E-state index in [2.05, 4.69) is 34.5 Å². The van der Waals surface area contributed by atoms with Gasteiger partial charge in [-0.25, -0.2) is 0 Å². The summed E-state index contributed by atoms with van der Waals surface area (Å²) in [5.41, 5.74) is 3.81. The van der Waals surface area contributed by atoms with Gasteiger partial charge in [0.2, 0.25) is 12.2 Å². The van der Waals surface area contributed by atoms with E-state index < -0.39 is 37.3 Å². The molecule has 0 amide bonds. The third kappa shape index (κ3) is 8.62. The molecule has 220 valence electrons. The van der Waals surface area contributed by atoms with Crippen molar-refractivity contribution in [2.24, 2.45) is 0 Å². The van der Waals surface area contributed by atoms with Crippen LogP contribution in [0.1, 0.15) is 55.0 Å². The van der Waals surface area contributed by atoms with E-state index in [1.54, 1.807) is 0 Å². The first-order chi connectivity index (χ1) is 18.6. The number of aliphatic hydroxyl groups excluding tert-OH is 4. The number of ether oxygens (including phenoxy) is 3. The van der Waals surface area contributed by atoms with Crippen LogP contribution in [0, 0.1) is 6.92 Å². The third-order valence-electron chi connectivity index (χ3n) is 6.92. The molecule has 0 bridgehead atoms. The highest BCUT2D eigenvalue weighted by Gasteiger charge is 2.45. The SMILES string of the molecule is Cc1cc(OCCCNCCCN(C)C)ccc1Cc1c(O[C@@H]2O[C@H](CO)[C@@H](O)[C@H](O)[C@H]2O)n[nH]c1C(C)C. The van der Waals surface area contributed by atoms with E-state index in [9.17, 15) is 20.4 Å². The van der Waals surface area contributed by atoms with Crippen LogP contribution in [0.3, 0.4) is 0 Å². The van der Waals surface area contributed by atoms with Crippen LogP contribution >= 0.6 is 0 Å². The molecule has 39 heavy (non-hydrogen) atoms. The van der Waals surface area contributed by atoms with Crippen molar-refractivity contribution in [3.05, 3.63) is 40.6 Å². The largest absolute Gasteiger partial charge is 0.494 e. The molecular formula is C28H46N4O7. The van der Waals surface area contributed by atoms with E-state index in [-0.39, 0.29) is 11.8 Å². The molecule has 5 atom stereocenters. The van der Waals surface area contributed by atoms with Crippen LogP contribution in [-0.4, -0.2) is 113 Å². The maximum absolute atomic E-state index is 10.4. The van der Waals surface area contributed by atoms with E-state index in [4.69, 9.17) is 14.2 Å². The van der Waals surface area contributed by atoms with Crippen molar-refractivity contribution in [3.8, 4) is 11.6 Å². The number of hydrogen-bond acceptors (Lipinski definition) is 10. The average molecular weight is 551 g/mol. The van der Waals surface area contributed by atoms with Gasteiger partial charge < -0.3 is 44.9 Å². The first-order valence-electron chi connectivity index (χ1n) is 13.7. The van der Waals surface area contributed by atoms with Gasteiger partial charge in [-0.3, -0.25) is 5.10 Å². The summed E-state index contributed by atoms with van der Waals surface area (Å²) in [6, 6.07) is 6.01. The number of nitrogens with one attached hydrogen (secondary N) is 2. The number of hydrogen-bond donors (Lipinski definition) is 6. The molecule has 0 radical (unpaired) electrons. The molecule has 2 aromatic rings. The van der Waals surface area contributed by atoms with Crippen molar-refractivity contribution in [1.82, 2.24) is 20.4 Å². The Balaban J connectivity index is 1.62. The van der Waals surface area contributed by atoms with Gasteiger partial charge in [-0.2, -0.15) is 0 Å². The fraction of sp³-hybridized carbons (Fsp3) is 0.679. The van der Waals surface area contributed by atoms with Crippen LogP contribution in [0.25, 0.3) is 0 Å².